The summed E-state index contributed by atoms with van der Waals surface area (Å²) in [5, 5.41) is 12.5. The van der Waals surface area contributed by atoms with Crippen LogP contribution in [-0.2, 0) is 6.54 Å². The van der Waals surface area contributed by atoms with Crippen molar-refractivity contribution in [2.45, 2.75) is 45.6 Å². The lowest BCUT2D eigenvalue weighted by Gasteiger charge is -2.32. The lowest BCUT2D eigenvalue weighted by Crippen LogP contribution is -2.34. The average molecular weight is 382 g/mol. The van der Waals surface area contributed by atoms with Crippen LogP contribution in [0.1, 0.15) is 48.1 Å². The molecule has 2 aromatic heterocycles. The van der Waals surface area contributed by atoms with Crippen LogP contribution in [0.5, 0.6) is 0 Å². The maximum absolute atomic E-state index is 13.4. The molecule has 3 aromatic rings. The summed E-state index contributed by atoms with van der Waals surface area (Å²) in [5.74, 6) is 2.03. The van der Waals surface area contributed by atoms with Crippen LogP contribution in [0.4, 0.5) is 4.39 Å². The molecule has 5 rings (SSSR count). The molecular formula is C21H23FN4O2. The van der Waals surface area contributed by atoms with Crippen molar-refractivity contribution >= 4 is 0 Å². The first-order valence-electron chi connectivity index (χ1n) is 9.77. The van der Waals surface area contributed by atoms with Gasteiger partial charge in [0.2, 0.25) is 11.8 Å². The maximum atomic E-state index is 13.4. The Hall–Kier alpha value is -2.54. The molecule has 1 aliphatic carbocycles. The number of aromatic nitrogens is 3. The second-order valence-corrected chi connectivity index (χ2v) is 8.15. The second-order valence-electron chi connectivity index (χ2n) is 8.15. The Labute approximate surface area is 162 Å². The summed E-state index contributed by atoms with van der Waals surface area (Å²) in [5.41, 5.74) is 3.10. The summed E-state index contributed by atoms with van der Waals surface area (Å²) in [6.07, 6.45) is 3.34. The first-order valence-corrected chi connectivity index (χ1v) is 9.77. The fraction of sp³-hybridized carbons (Fsp3) is 0.476. The van der Waals surface area contributed by atoms with Crippen LogP contribution < -0.4 is 0 Å². The van der Waals surface area contributed by atoms with E-state index in [4.69, 9.17) is 8.94 Å². The zero-order valence-electron chi connectivity index (χ0n) is 16.1. The number of nitrogens with zero attached hydrogens (tertiary/aromatic N) is 4. The van der Waals surface area contributed by atoms with Crippen LogP contribution in [0, 0.1) is 25.1 Å². The molecule has 146 valence electrons. The van der Waals surface area contributed by atoms with E-state index in [0.717, 1.165) is 50.4 Å². The molecule has 1 aromatic carbocycles. The van der Waals surface area contributed by atoms with Gasteiger partial charge < -0.3 is 8.94 Å². The van der Waals surface area contributed by atoms with Crippen LogP contribution in [0.2, 0.25) is 0 Å². The van der Waals surface area contributed by atoms with Crippen molar-refractivity contribution in [1.82, 2.24) is 20.3 Å². The van der Waals surface area contributed by atoms with E-state index in [1.54, 1.807) is 12.1 Å². The first-order chi connectivity index (χ1) is 13.5. The predicted molar refractivity (Wildman–Crippen MR) is 100.0 cm³/mol. The van der Waals surface area contributed by atoms with Crippen molar-refractivity contribution in [3.05, 3.63) is 53.0 Å². The number of piperidine rings is 1. The van der Waals surface area contributed by atoms with Gasteiger partial charge in [0, 0.05) is 23.6 Å². The van der Waals surface area contributed by atoms with Crippen molar-refractivity contribution in [3.8, 4) is 11.5 Å². The number of halogens is 1. The van der Waals surface area contributed by atoms with Crippen molar-refractivity contribution in [2.75, 3.05) is 13.1 Å². The van der Waals surface area contributed by atoms with Crippen LogP contribution in [0.3, 0.4) is 0 Å². The molecule has 0 bridgehead atoms. The Morgan fingerprint density at radius 1 is 1.21 bits per heavy atom. The van der Waals surface area contributed by atoms with Gasteiger partial charge in [-0.3, -0.25) is 4.90 Å². The molecule has 0 unspecified atom stereocenters. The van der Waals surface area contributed by atoms with Crippen LogP contribution in [-0.4, -0.2) is 33.3 Å². The average Bonchev–Trinajstić information content (AvgIpc) is 3.02. The molecule has 28 heavy (non-hydrogen) atoms. The zero-order valence-corrected chi connectivity index (χ0v) is 16.1. The number of likely N-dealkylation sites (tertiary alicyclic amines) is 1. The van der Waals surface area contributed by atoms with Gasteiger partial charge in [0.25, 0.3) is 0 Å². The minimum absolute atomic E-state index is 0.279. The van der Waals surface area contributed by atoms with Gasteiger partial charge in [0.05, 0.1) is 5.69 Å². The monoisotopic (exact) mass is 382 g/mol. The van der Waals surface area contributed by atoms with Gasteiger partial charge in [-0.1, -0.05) is 11.2 Å². The SMILES string of the molecule is Cc1noc(C)c1CN1CCC2(CC1)C[C@@H]2c1nnc(-c2cccc(F)c2)o1. The lowest BCUT2D eigenvalue weighted by molar-refractivity contribution is 0.159. The maximum Gasteiger partial charge on any atom is 0.247 e. The van der Waals surface area contributed by atoms with E-state index in [9.17, 15) is 4.39 Å². The van der Waals surface area contributed by atoms with Crippen molar-refractivity contribution in [2.24, 2.45) is 5.41 Å². The molecule has 1 saturated heterocycles. The fourth-order valence-corrected chi connectivity index (χ4v) is 4.47. The molecule has 7 heteroatoms. The molecule has 0 N–H and O–H groups in total. The highest BCUT2D eigenvalue weighted by Gasteiger charge is 2.58. The minimum atomic E-state index is -0.300. The van der Waals surface area contributed by atoms with Crippen LogP contribution in [0.15, 0.2) is 33.2 Å². The molecule has 1 atom stereocenters. The quantitative estimate of drug-likeness (QED) is 0.672. The Morgan fingerprint density at radius 3 is 2.75 bits per heavy atom. The molecule has 6 nitrogen and oxygen atoms in total. The van der Waals surface area contributed by atoms with Crippen molar-refractivity contribution in [3.63, 3.8) is 0 Å². The predicted octanol–water partition coefficient (Wildman–Crippen LogP) is 4.25. The molecule has 3 heterocycles. The van der Waals surface area contributed by atoms with Gasteiger partial charge in [-0.25, -0.2) is 4.39 Å². The number of rotatable bonds is 4. The highest BCUT2D eigenvalue weighted by molar-refractivity contribution is 5.52. The van der Waals surface area contributed by atoms with Crippen LogP contribution >= 0.6 is 0 Å². The van der Waals surface area contributed by atoms with Gasteiger partial charge in [-0.05, 0) is 69.8 Å². The fourth-order valence-electron chi connectivity index (χ4n) is 4.47. The standard InChI is InChI=1S/C21H23FN4O2/c1-13-17(14(2)28-25-13)12-26-8-6-21(7-9-26)11-18(21)20-24-23-19(27-20)15-4-3-5-16(22)10-15/h3-5,10,18H,6-9,11-12H2,1-2H3/t18-/m1/s1. The first kappa shape index (κ1) is 17.6. The minimum Gasteiger partial charge on any atom is -0.420 e. The third-order valence-electron chi connectivity index (χ3n) is 6.41. The summed E-state index contributed by atoms with van der Waals surface area (Å²) in [4.78, 5) is 2.47. The molecule has 2 fully saturated rings. The van der Waals surface area contributed by atoms with Gasteiger partial charge in [-0.2, -0.15) is 0 Å². The lowest BCUT2D eigenvalue weighted by atomic mass is 9.90. The molecule has 1 spiro atoms. The Morgan fingerprint density at radius 2 is 2.04 bits per heavy atom. The molecule has 1 aliphatic heterocycles. The van der Waals surface area contributed by atoms with E-state index < -0.39 is 0 Å². The third kappa shape index (κ3) is 3.03. The number of aryl methyl sites for hydroxylation is 2. The second kappa shape index (κ2) is 6.51. The van der Waals surface area contributed by atoms with E-state index in [2.05, 4.69) is 20.3 Å². The van der Waals surface area contributed by atoms with Gasteiger partial charge in [-0.15, -0.1) is 10.2 Å². The smallest absolute Gasteiger partial charge is 0.247 e. The number of benzene rings is 1. The van der Waals surface area contributed by atoms with E-state index in [1.807, 2.05) is 13.8 Å². The summed E-state index contributed by atoms with van der Waals surface area (Å²) in [6.45, 7) is 6.96. The summed E-state index contributed by atoms with van der Waals surface area (Å²) in [6, 6.07) is 6.28. The molecule has 2 aliphatic rings. The molecule has 0 amide bonds. The van der Waals surface area contributed by atoms with E-state index in [1.165, 1.54) is 17.7 Å². The zero-order chi connectivity index (χ0) is 19.3. The largest absolute Gasteiger partial charge is 0.420 e. The van der Waals surface area contributed by atoms with Gasteiger partial charge >= 0.3 is 0 Å². The molecular weight excluding hydrogens is 359 g/mol. The van der Waals surface area contributed by atoms with E-state index in [-0.39, 0.29) is 11.2 Å². The highest BCUT2D eigenvalue weighted by atomic mass is 19.1. The summed E-state index contributed by atoms with van der Waals surface area (Å²) >= 11 is 0. The Kier molecular flexibility index (Phi) is 4.08. The van der Waals surface area contributed by atoms with Crippen molar-refractivity contribution < 1.29 is 13.3 Å². The number of hydrogen-bond acceptors (Lipinski definition) is 6. The molecule has 1 saturated carbocycles. The van der Waals surface area contributed by atoms with Crippen molar-refractivity contribution in [1.29, 1.82) is 0 Å². The third-order valence-corrected chi connectivity index (χ3v) is 6.41. The van der Waals surface area contributed by atoms with E-state index >= 15 is 0 Å². The Balaban J connectivity index is 1.23. The summed E-state index contributed by atoms with van der Waals surface area (Å²) < 4.78 is 24.6. The number of hydrogen-bond donors (Lipinski definition) is 0. The van der Waals surface area contributed by atoms with Gasteiger partial charge in [0.15, 0.2) is 0 Å². The van der Waals surface area contributed by atoms with Crippen LogP contribution in [0.25, 0.3) is 11.5 Å². The van der Waals surface area contributed by atoms with Gasteiger partial charge in [0.1, 0.15) is 11.6 Å². The normalized spacial score (nSPS) is 21.3. The summed E-state index contributed by atoms with van der Waals surface area (Å²) in [7, 11) is 0. The highest BCUT2D eigenvalue weighted by Crippen LogP contribution is 2.64. The molecule has 0 radical (unpaired) electrons. The Bertz CT molecular complexity index is 984. The van der Waals surface area contributed by atoms with E-state index in [0.29, 0.717) is 23.3 Å². The topological polar surface area (TPSA) is 68.2 Å².